The lowest BCUT2D eigenvalue weighted by Crippen LogP contribution is -2.38. The number of amides is 1. The molecule has 6 nitrogen and oxygen atoms in total. The molecule has 1 amide bonds. The minimum atomic E-state index is 0.124. The van der Waals surface area contributed by atoms with Crippen LogP contribution in [0.4, 0.5) is 0 Å². The summed E-state index contributed by atoms with van der Waals surface area (Å²) in [7, 11) is 1.88. The van der Waals surface area contributed by atoms with Crippen LogP contribution >= 0.6 is 0 Å². The van der Waals surface area contributed by atoms with Crippen LogP contribution in [0, 0.1) is 5.92 Å². The van der Waals surface area contributed by atoms with Gasteiger partial charge in [0, 0.05) is 19.5 Å². The molecule has 0 radical (unpaired) electrons. The van der Waals surface area contributed by atoms with Crippen molar-refractivity contribution in [2.75, 3.05) is 26.7 Å². The average Bonchev–Trinajstić information content (AvgIpc) is 2.76. The van der Waals surface area contributed by atoms with Gasteiger partial charge in [-0.1, -0.05) is 19.0 Å². The molecular weight excluding hydrogens is 256 g/mol. The van der Waals surface area contributed by atoms with Crippen LogP contribution in [0.3, 0.4) is 0 Å². The van der Waals surface area contributed by atoms with Gasteiger partial charge in [-0.05, 0) is 26.8 Å². The summed E-state index contributed by atoms with van der Waals surface area (Å²) >= 11 is 0. The van der Waals surface area contributed by atoms with E-state index in [9.17, 15) is 4.79 Å². The van der Waals surface area contributed by atoms with Crippen molar-refractivity contribution in [2.24, 2.45) is 5.92 Å². The zero-order chi connectivity index (χ0) is 15.1. The van der Waals surface area contributed by atoms with Gasteiger partial charge in [0.25, 0.3) is 0 Å². The minimum absolute atomic E-state index is 0.124. The summed E-state index contributed by atoms with van der Waals surface area (Å²) in [6.07, 6.45) is 0.811. The van der Waals surface area contributed by atoms with Gasteiger partial charge in [-0.15, -0.1) is 0 Å². The summed E-state index contributed by atoms with van der Waals surface area (Å²) in [4.78, 5) is 20.0. The molecule has 114 valence electrons. The molecule has 0 atom stereocenters. The van der Waals surface area contributed by atoms with Crippen molar-refractivity contribution in [3.05, 3.63) is 11.7 Å². The van der Waals surface area contributed by atoms with Crippen molar-refractivity contribution in [1.29, 1.82) is 0 Å². The van der Waals surface area contributed by atoms with E-state index < -0.39 is 0 Å². The molecule has 1 rings (SSSR count). The van der Waals surface area contributed by atoms with Gasteiger partial charge in [0.15, 0.2) is 5.82 Å². The number of hydrogen-bond donors (Lipinski definition) is 0. The average molecular weight is 282 g/mol. The first kappa shape index (κ1) is 16.6. The van der Waals surface area contributed by atoms with Crippen molar-refractivity contribution >= 4 is 5.91 Å². The van der Waals surface area contributed by atoms with E-state index in [-0.39, 0.29) is 5.91 Å². The van der Waals surface area contributed by atoms with Gasteiger partial charge in [0.2, 0.25) is 11.8 Å². The normalized spacial score (nSPS) is 11.3. The lowest BCUT2D eigenvalue weighted by molar-refractivity contribution is -0.131. The van der Waals surface area contributed by atoms with Crippen LogP contribution < -0.4 is 0 Å². The van der Waals surface area contributed by atoms with E-state index in [4.69, 9.17) is 4.52 Å². The molecule has 0 unspecified atom stereocenters. The quantitative estimate of drug-likeness (QED) is 0.724. The van der Waals surface area contributed by atoms with E-state index in [1.54, 1.807) is 0 Å². The van der Waals surface area contributed by atoms with Crippen LogP contribution in [-0.2, 0) is 17.8 Å². The van der Waals surface area contributed by atoms with Crippen molar-refractivity contribution in [3.63, 3.8) is 0 Å². The maximum Gasteiger partial charge on any atom is 0.240 e. The molecule has 0 bridgehead atoms. The van der Waals surface area contributed by atoms with Gasteiger partial charge < -0.3 is 9.42 Å². The summed E-state index contributed by atoms with van der Waals surface area (Å²) in [5.74, 6) is 1.93. The number of likely N-dealkylation sites (N-methyl/N-ethyl adjacent to an activating group) is 2. The van der Waals surface area contributed by atoms with Gasteiger partial charge in [0.1, 0.15) is 0 Å². The van der Waals surface area contributed by atoms with Gasteiger partial charge >= 0.3 is 0 Å². The molecule has 1 aromatic rings. The summed E-state index contributed by atoms with van der Waals surface area (Å²) in [5.41, 5.74) is 0. The Kier molecular flexibility index (Phi) is 6.64. The second-order valence-electron chi connectivity index (χ2n) is 5.44. The van der Waals surface area contributed by atoms with E-state index in [0.717, 1.165) is 25.3 Å². The molecule has 0 aliphatic rings. The van der Waals surface area contributed by atoms with Gasteiger partial charge in [-0.3, -0.25) is 9.69 Å². The van der Waals surface area contributed by atoms with Gasteiger partial charge in [-0.25, -0.2) is 0 Å². The predicted molar refractivity (Wildman–Crippen MR) is 77.1 cm³/mol. The first-order chi connectivity index (χ1) is 9.46. The Morgan fingerprint density at radius 2 is 1.95 bits per heavy atom. The summed E-state index contributed by atoms with van der Waals surface area (Å²) in [6, 6.07) is 0. The van der Waals surface area contributed by atoms with Crippen LogP contribution in [0.5, 0.6) is 0 Å². The Bertz CT molecular complexity index is 413. The third-order valence-corrected chi connectivity index (χ3v) is 3.03. The highest BCUT2D eigenvalue weighted by molar-refractivity contribution is 5.78. The molecule has 0 aliphatic carbocycles. The molecular formula is C14H26N4O2. The highest BCUT2D eigenvalue weighted by Crippen LogP contribution is 2.06. The van der Waals surface area contributed by atoms with Crippen molar-refractivity contribution in [3.8, 4) is 0 Å². The maximum absolute atomic E-state index is 12.0. The Balaban J connectivity index is 2.47. The first-order valence-corrected chi connectivity index (χ1v) is 7.24. The van der Waals surface area contributed by atoms with E-state index >= 15 is 0 Å². The fraction of sp³-hybridized carbons (Fsp3) is 0.786. The van der Waals surface area contributed by atoms with E-state index in [1.165, 1.54) is 0 Å². The SMILES string of the molecule is CCN(CC)C(=O)CN(C)Cc1nc(CC(C)C)no1. The molecule has 0 saturated carbocycles. The summed E-state index contributed by atoms with van der Waals surface area (Å²) in [5, 5.41) is 3.95. The summed E-state index contributed by atoms with van der Waals surface area (Å²) in [6.45, 7) is 10.5. The summed E-state index contributed by atoms with van der Waals surface area (Å²) < 4.78 is 5.20. The molecule has 1 aromatic heterocycles. The second-order valence-corrected chi connectivity index (χ2v) is 5.44. The fourth-order valence-electron chi connectivity index (χ4n) is 2.00. The molecule has 0 spiro atoms. The van der Waals surface area contributed by atoms with Crippen molar-refractivity contribution < 1.29 is 9.32 Å². The molecule has 0 saturated heterocycles. The molecule has 6 heteroatoms. The maximum atomic E-state index is 12.0. The van der Waals surface area contributed by atoms with Gasteiger partial charge in [0.05, 0.1) is 13.1 Å². The second kappa shape index (κ2) is 7.99. The van der Waals surface area contributed by atoms with Crippen LogP contribution in [0.2, 0.25) is 0 Å². The smallest absolute Gasteiger partial charge is 0.240 e. The van der Waals surface area contributed by atoms with Crippen LogP contribution in [0.15, 0.2) is 4.52 Å². The van der Waals surface area contributed by atoms with E-state index in [2.05, 4.69) is 24.0 Å². The molecule has 0 N–H and O–H groups in total. The number of carbonyl (C=O) groups is 1. The third-order valence-electron chi connectivity index (χ3n) is 3.03. The molecule has 20 heavy (non-hydrogen) atoms. The Labute approximate surface area is 121 Å². The molecule has 0 aromatic carbocycles. The number of nitrogens with zero attached hydrogens (tertiary/aromatic N) is 4. The third kappa shape index (κ3) is 5.28. The zero-order valence-corrected chi connectivity index (χ0v) is 13.2. The topological polar surface area (TPSA) is 62.5 Å². The minimum Gasteiger partial charge on any atom is -0.342 e. The fourth-order valence-corrected chi connectivity index (χ4v) is 2.00. The Hall–Kier alpha value is -1.43. The predicted octanol–water partition coefficient (Wildman–Crippen LogP) is 1.57. The highest BCUT2D eigenvalue weighted by atomic mass is 16.5. The number of aromatic nitrogens is 2. The lowest BCUT2D eigenvalue weighted by Gasteiger charge is -2.22. The van der Waals surface area contributed by atoms with Crippen molar-refractivity contribution in [1.82, 2.24) is 19.9 Å². The van der Waals surface area contributed by atoms with Crippen LogP contribution in [-0.4, -0.2) is 52.5 Å². The Morgan fingerprint density at radius 1 is 1.30 bits per heavy atom. The standard InChI is InChI=1S/C14H26N4O2/c1-6-18(7-2)14(19)10-17(5)9-13-15-12(16-20-13)8-11(3)4/h11H,6-10H2,1-5H3. The largest absolute Gasteiger partial charge is 0.342 e. The van der Waals surface area contributed by atoms with Crippen molar-refractivity contribution in [2.45, 2.75) is 40.7 Å². The van der Waals surface area contributed by atoms with E-state index in [1.807, 2.05) is 30.7 Å². The highest BCUT2D eigenvalue weighted by Gasteiger charge is 2.15. The number of hydrogen-bond acceptors (Lipinski definition) is 5. The molecule has 0 aliphatic heterocycles. The van der Waals surface area contributed by atoms with Crippen LogP contribution in [0.25, 0.3) is 0 Å². The van der Waals surface area contributed by atoms with Crippen LogP contribution in [0.1, 0.15) is 39.4 Å². The number of rotatable bonds is 8. The molecule has 1 heterocycles. The number of carbonyl (C=O) groups excluding carboxylic acids is 1. The lowest BCUT2D eigenvalue weighted by atomic mass is 10.1. The first-order valence-electron chi connectivity index (χ1n) is 7.24. The van der Waals surface area contributed by atoms with Gasteiger partial charge in [-0.2, -0.15) is 4.98 Å². The molecule has 0 fully saturated rings. The monoisotopic (exact) mass is 282 g/mol. The zero-order valence-electron chi connectivity index (χ0n) is 13.2. The van der Waals surface area contributed by atoms with E-state index in [0.29, 0.717) is 24.9 Å². The Morgan fingerprint density at radius 3 is 2.50 bits per heavy atom.